The van der Waals surface area contributed by atoms with Crippen LogP contribution in [0.15, 0.2) is 27.4 Å². The fraction of sp³-hybridized carbons (Fsp3) is 0.250. The lowest BCUT2D eigenvalue weighted by Crippen LogP contribution is -2.14. The molecule has 0 saturated carbocycles. The second-order valence-corrected chi connectivity index (χ2v) is 8.40. The number of sulfonamides is 1. The van der Waals surface area contributed by atoms with E-state index in [0.717, 1.165) is 29.2 Å². The zero-order valence-electron chi connectivity index (χ0n) is 13.0. The third-order valence-electron chi connectivity index (χ3n) is 2.84. The molecule has 2 rings (SSSR count). The number of non-ortho nitro benzene ring substituents is 1. The van der Waals surface area contributed by atoms with Crippen molar-refractivity contribution in [2.24, 2.45) is 0 Å². The third-order valence-corrected chi connectivity index (χ3v) is 6.40. The Hall–Kier alpha value is -2.25. The maximum absolute atomic E-state index is 12.4. The van der Waals surface area contributed by atoms with Crippen LogP contribution in [-0.4, -0.2) is 42.4 Å². The normalized spacial score (nSPS) is 11.1. The van der Waals surface area contributed by atoms with Gasteiger partial charge in [-0.15, -0.1) is 10.2 Å². The highest BCUT2D eigenvalue weighted by Gasteiger charge is 2.22. The van der Waals surface area contributed by atoms with Crippen LogP contribution in [-0.2, 0) is 19.6 Å². The lowest BCUT2D eigenvalue weighted by molar-refractivity contribution is -0.385. The molecule has 0 aliphatic carbocycles. The van der Waals surface area contributed by atoms with Gasteiger partial charge in [0, 0.05) is 12.1 Å². The number of methoxy groups -OCH3 is 1. The number of carbonyl (C=O) groups excluding carboxylic acids is 1. The second-order valence-electron chi connectivity index (χ2n) is 4.55. The molecule has 0 amide bonds. The summed E-state index contributed by atoms with van der Waals surface area (Å²) in [5, 5.41) is 18.3. The lowest BCUT2D eigenvalue weighted by atomic mass is 10.2. The number of nitro benzene ring substituents is 1. The molecule has 0 atom stereocenters. The number of rotatable bonds is 7. The average molecular weight is 404 g/mol. The van der Waals surface area contributed by atoms with E-state index in [1.807, 2.05) is 0 Å². The van der Waals surface area contributed by atoms with Crippen LogP contribution in [0.3, 0.4) is 0 Å². The van der Waals surface area contributed by atoms with E-state index in [4.69, 9.17) is 0 Å². The fourth-order valence-electron chi connectivity index (χ4n) is 1.65. The largest absolute Gasteiger partial charge is 0.468 e. The van der Waals surface area contributed by atoms with E-state index in [-0.39, 0.29) is 21.5 Å². The molecule has 0 fully saturated rings. The van der Waals surface area contributed by atoms with Crippen molar-refractivity contribution in [3.63, 3.8) is 0 Å². The van der Waals surface area contributed by atoms with Gasteiger partial charge in [-0.05, 0) is 12.5 Å². The molecule has 0 unspecified atom stereocenters. The third kappa shape index (κ3) is 4.87. The minimum Gasteiger partial charge on any atom is -0.468 e. The molecule has 134 valence electrons. The molecule has 0 aliphatic heterocycles. The zero-order chi connectivity index (χ0) is 18.6. The first-order valence-electron chi connectivity index (χ1n) is 6.54. The van der Waals surface area contributed by atoms with Crippen LogP contribution in [0, 0.1) is 17.0 Å². The van der Waals surface area contributed by atoms with E-state index in [9.17, 15) is 23.3 Å². The lowest BCUT2D eigenvalue weighted by Gasteiger charge is -2.07. The Balaban J connectivity index is 2.19. The number of hydrogen-bond donors (Lipinski definition) is 1. The first kappa shape index (κ1) is 19.1. The highest BCUT2D eigenvalue weighted by molar-refractivity contribution is 8.01. The van der Waals surface area contributed by atoms with Crippen LogP contribution < -0.4 is 4.72 Å². The molecule has 10 nitrogen and oxygen atoms in total. The van der Waals surface area contributed by atoms with Gasteiger partial charge in [0.25, 0.3) is 15.7 Å². The van der Waals surface area contributed by atoms with Gasteiger partial charge in [0.1, 0.15) is 0 Å². The molecule has 1 N–H and O–H groups in total. The zero-order valence-corrected chi connectivity index (χ0v) is 15.4. The van der Waals surface area contributed by atoms with E-state index >= 15 is 0 Å². The molecule has 0 aliphatic rings. The standard InChI is InChI=1S/C12H12N4O6S3/c1-7-3-4-8(16(18)19)5-9(7)25(20,21)15-11-13-14-12(24-11)23-6-10(17)22-2/h3-5H,6H2,1-2H3,(H,13,15). The van der Waals surface area contributed by atoms with Gasteiger partial charge in [0.15, 0.2) is 4.34 Å². The van der Waals surface area contributed by atoms with E-state index in [1.54, 1.807) is 0 Å². The van der Waals surface area contributed by atoms with E-state index in [1.165, 1.54) is 26.2 Å². The minimum absolute atomic E-state index is 0.0155. The van der Waals surface area contributed by atoms with Crippen LogP contribution in [0.4, 0.5) is 10.8 Å². The first-order valence-corrected chi connectivity index (χ1v) is 9.82. The Morgan fingerprint density at radius 2 is 2.16 bits per heavy atom. The van der Waals surface area contributed by atoms with Gasteiger partial charge in [0.05, 0.1) is 22.7 Å². The van der Waals surface area contributed by atoms with Crippen molar-refractivity contribution in [3.05, 3.63) is 33.9 Å². The van der Waals surface area contributed by atoms with Crippen molar-refractivity contribution in [3.8, 4) is 0 Å². The van der Waals surface area contributed by atoms with Crippen LogP contribution >= 0.6 is 23.1 Å². The van der Waals surface area contributed by atoms with Crippen molar-refractivity contribution >= 4 is 49.9 Å². The molecule has 2 aromatic rings. The summed E-state index contributed by atoms with van der Waals surface area (Å²) in [5.74, 6) is -0.434. The number of esters is 1. The molecule has 1 aromatic carbocycles. The first-order chi connectivity index (χ1) is 11.7. The summed E-state index contributed by atoms with van der Waals surface area (Å²) in [4.78, 5) is 21.0. The van der Waals surface area contributed by atoms with Gasteiger partial charge in [-0.2, -0.15) is 0 Å². The smallest absolute Gasteiger partial charge is 0.316 e. The van der Waals surface area contributed by atoms with Gasteiger partial charge in [0.2, 0.25) is 5.13 Å². The molecule has 0 radical (unpaired) electrons. The average Bonchev–Trinajstić information content (AvgIpc) is 2.99. The quantitative estimate of drug-likeness (QED) is 0.316. The topological polar surface area (TPSA) is 141 Å². The molecule has 1 heterocycles. The maximum Gasteiger partial charge on any atom is 0.316 e. The molecule has 0 bridgehead atoms. The number of carbonyl (C=O) groups is 1. The number of hydrogen-bond acceptors (Lipinski definition) is 10. The summed E-state index contributed by atoms with van der Waals surface area (Å²) in [6.07, 6.45) is 0. The summed E-state index contributed by atoms with van der Waals surface area (Å²) >= 11 is 1.98. The van der Waals surface area contributed by atoms with Crippen molar-refractivity contribution in [1.29, 1.82) is 0 Å². The number of benzene rings is 1. The van der Waals surface area contributed by atoms with Crippen LogP contribution in [0.2, 0.25) is 0 Å². The highest BCUT2D eigenvalue weighted by atomic mass is 32.2. The van der Waals surface area contributed by atoms with Gasteiger partial charge in [-0.25, -0.2) is 8.42 Å². The number of nitrogens with zero attached hydrogens (tertiary/aromatic N) is 3. The number of nitro groups is 1. The van der Waals surface area contributed by atoms with Crippen molar-refractivity contribution in [2.75, 3.05) is 17.6 Å². The molecular formula is C12H12N4O6S3. The molecule has 0 spiro atoms. The number of thioether (sulfide) groups is 1. The Kier molecular flexibility index (Phi) is 5.92. The molecular weight excluding hydrogens is 392 g/mol. The summed E-state index contributed by atoms with van der Waals surface area (Å²) in [6.45, 7) is 1.52. The van der Waals surface area contributed by atoms with Gasteiger partial charge < -0.3 is 4.74 Å². The van der Waals surface area contributed by atoms with Crippen LogP contribution in [0.5, 0.6) is 0 Å². The summed E-state index contributed by atoms with van der Waals surface area (Å²) in [5.41, 5.74) is 0.0143. The SMILES string of the molecule is COC(=O)CSc1nnc(NS(=O)(=O)c2cc([N+](=O)[O-])ccc2C)s1. The summed E-state index contributed by atoms with van der Waals surface area (Å²) in [7, 11) is -2.82. The number of ether oxygens (including phenoxy) is 1. The van der Waals surface area contributed by atoms with E-state index in [2.05, 4.69) is 19.7 Å². The van der Waals surface area contributed by atoms with E-state index in [0.29, 0.717) is 9.90 Å². The molecule has 13 heteroatoms. The molecule has 25 heavy (non-hydrogen) atoms. The molecule has 1 aromatic heterocycles. The highest BCUT2D eigenvalue weighted by Crippen LogP contribution is 2.28. The van der Waals surface area contributed by atoms with Gasteiger partial charge in [-0.1, -0.05) is 29.2 Å². The van der Waals surface area contributed by atoms with Crippen molar-refractivity contribution < 1.29 is 22.9 Å². The van der Waals surface area contributed by atoms with Crippen LogP contribution in [0.25, 0.3) is 0 Å². The van der Waals surface area contributed by atoms with Gasteiger partial charge in [-0.3, -0.25) is 19.6 Å². The monoisotopic (exact) mass is 404 g/mol. The van der Waals surface area contributed by atoms with Crippen molar-refractivity contribution in [2.45, 2.75) is 16.2 Å². The molecule has 0 saturated heterocycles. The van der Waals surface area contributed by atoms with Crippen molar-refractivity contribution in [1.82, 2.24) is 10.2 Å². The Bertz CT molecular complexity index is 911. The Morgan fingerprint density at radius 1 is 1.44 bits per heavy atom. The fourth-order valence-corrected chi connectivity index (χ4v) is 4.73. The predicted molar refractivity (Wildman–Crippen MR) is 91.3 cm³/mol. The summed E-state index contributed by atoms with van der Waals surface area (Å²) in [6, 6.07) is 3.55. The Labute approximate surface area is 150 Å². The van der Waals surface area contributed by atoms with Crippen LogP contribution in [0.1, 0.15) is 5.56 Å². The van der Waals surface area contributed by atoms with E-state index < -0.39 is 20.9 Å². The van der Waals surface area contributed by atoms with Gasteiger partial charge >= 0.3 is 5.97 Å². The second kappa shape index (κ2) is 7.76. The Morgan fingerprint density at radius 3 is 2.80 bits per heavy atom. The minimum atomic E-state index is -4.07. The maximum atomic E-state index is 12.4. The summed E-state index contributed by atoms with van der Waals surface area (Å²) < 4.78 is 32.0. The number of anilines is 1. The predicted octanol–water partition coefficient (Wildman–Crippen LogP) is 1.82. The number of aryl methyl sites for hydroxylation is 1. The number of nitrogens with one attached hydrogen (secondary N) is 1. The number of aromatic nitrogens is 2.